The SMILES string of the molecule is CC1CCC(NC(=O)c2cc(=O)c3ccccc3o2)CC1. The summed E-state index contributed by atoms with van der Waals surface area (Å²) in [7, 11) is 0. The number of hydrogen-bond donors (Lipinski definition) is 1. The standard InChI is InChI=1S/C17H19NO3/c1-11-6-8-12(9-7-11)18-17(20)16-10-14(19)13-4-2-3-5-15(13)21-16/h2-5,10-12H,6-9H2,1H3,(H,18,20). The molecule has 3 rings (SSSR count). The molecule has 0 aliphatic heterocycles. The number of carbonyl (C=O) groups excluding carboxylic acids is 1. The van der Waals surface area contributed by atoms with Crippen LogP contribution in [0, 0.1) is 5.92 Å². The summed E-state index contributed by atoms with van der Waals surface area (Å²) in [6.45, 7) is 2.24. The van der Waals surface area contributed by atoms with Crippen LogP contribution in [0.3, 0.4) is 0 Å². The molecule has 0 atom stereocenters. The smallest absolute Gasteiger partial charge is 0.287 e. The van der Waals surface area contributed by atoms with Crippen LogP contribution in [0.4, 0.5) is 0 Å². The first-order valence-corrected chi connectivity index (χ1v) is 7.47. The molecular weight excluding hydrogens is 266 g/mol. The van der Waals surface area contributed by atoms with Crippen molar-refractivity contribution in [2.45, 2.75) is 38.6 Å². The third-order valence-corrected chi connectivity index (χ3v) is 4.21. The van der Waals surface area contributed by atoms with Gasteiger partial charge in [0, 0.05) is 12.1 Å². The van der Waals surface area contributed by atoms with E-state index in [4.69, 9.17) is 4.42 Å². The predicted molar refractivity (Wildman–Crippen MR) is 81.4 cm³/mol. The third kappa shape index (κ3) is 2.99. The van der Waals surface area contributed by atoms with Crippen LogP contribution in [-0.4, -0.2) is 11.9 Å². The minimum absolute atomic E-state index is 0.0947. The first kappa shape index (κ1) is 13.9. The molecule has 0 bridgehead atoms. The maximum Gasteiger partial charge on any atom is 0.287 e. The second kappa shape index (κ2) is 5.72. The van der Waals surface area contributed by atoms with Gasteiger partial charge >= 0.3 is 0 Å². The maximum absolute atomic E-state index is 12.2. The monoisotopic (exact) mass is 285 g/mol. The van der Waals surface area contributed by atoms with Crippen LogP contribution < -0.4 is 10.7 Å². The van der Waals surface area contributed by atoms with Crippen molar-refractivity contribution >= 4 is 16.9 Å². The summed E-state index contributed by atoms with van der Waals surface area (Å²) in [5.74, 6) is 0.534. The number of amides is 1. The predicted octanol–water partition coefficient (Wildman–Crippen LogP) is 3.10. The average molecular weight is 285 g/mol. The fraction of sp³-hybridized carbons (Fsp3) is 0.412. The van der Waals surface area contributed by atoms with Crippen LogP contribution in [0.15, 0.2) is 39.5 Å². The lowest BCUT2D eigenvalue weighted by Crippen LogP contribution is -2.37. The quantitative estimate of drug-likeness (QED) is 0.922. The zero-order chi connectivity index (χ0) is 14.8. The van der Waals surface area contributed by atoms with Gasteiger partial charge in [-0.05, 0) is 43.7 Å². The number of carbonyl (C=O) groups is 1. The average Bonchev–Trinajstić information content (AvgIpc) is 2.49. The molecule has 1 saturated carbocycles. The molecular formula is C17H19NO3. The van der Waals surface area contributed by atoms with Gasteiger partial charge in [-0.1, -0.05) is 19.1 Å². The molecule has 4 heteroatoms. The van der Waals surface area contributed by atoms with Gasteiger partial charge in [0.2, 0.25) is 0 Å². The largest absolute Gasteiger partial charge is 0.451 e. The molecule has 0 unspecified atom stereocenters. The van der Waals surface area contributed by atoms with Crippen molar-refractivity contribution < 1.29 is 9.21 Å². The Morgan fingerprint density at radius 1 is 1.19 bits per heavy atom. The Balaban J connectivity index is 1.80. The highest BCUT2D eigenvalue weighted by atomic mass is 16.3. The molecule has 0 radical (unpaired) electrons. The molecule has 1 aliphatic rings. The Kier molecular flexibility index (Phi) is 3.78. The number of rotatable bonds is 2. The van der Waals surface area contributed by atoms with E-state index in [1.807, 2.05) is 0 Å². The van der Waals surface area contributed by atoms with Gasteiger partial charge in [0.1, 0.15) is 5.58 Å². The van der Waals surface area contributed by atoms with E-state index < -0.39 is 0 Å². The van der Waals surface area contributed by atoms with E-state index in [2.05, 4.69) is 12.2 Å². The van der Waals surface area contributed by atoms with Crippen LogP contribution in [0.25, 0.3) is 11.0 Å². The van der Waals surface area contributed by atoms with Crippen molar-refractivity contribution in [1.82, 2.24) is 5.32 Å². The van der Waals surface area contributed by atoms with Gasteiger partial charge in [-0.2, -0.15) is 0 Å². The molecule has 0 saturated heterocycles. The van der Waals surface area contributed by atoms with Crippen LogP contribution in [0.1, 0.15) is 43.2 Å². The molecule has 1 aliphatic carbocycles. The van der Waals surface area contributed by atoms with Crippen LogP contribution >= 0.6 is 0 Å². The van der Waals surface area contributed by atoms with Crippen LogP contribution in [-0.2, 0) is 0 Å². The van der Waals surface area contributed by atoms with Gasteiger partial charge in [-0.15, -0.1) is 0 Å². The number of hydrogen-bond acceptors (Lipinski definition) is 3. The first-order chi connectivity index (χ1) is 10.1. The van der Waals surface area contributed by atoms with Gasteiger partial charge < -0.3 is 9.73 Å². The Bertz CT molecular complexity index is 711. The molecule has 1 aromatic carbocycles. The zero-order valence-corrected chi connectivity index (χ0v) is 12.1. The zero-order valence-electron chi connectivity index (χ0n) is 12.1. The van der Waals surface area contributed by atoms with Crippen molar-refractivity contribution in [2.24, 2.45) is 5.92 Å². The lowest BCUT2D eigenvalue weighted by molar-refractivity contribution is 0.0895. The number of fused-ring (bicyclic) bond motifs is 1. The van der Waals surface area contributed by atoms with Crippen LogP contribution in [0.5, 0.6) is 0 Å². The highest BCUT2D eigenvalue weighted by Crippen LogP contribution is 2.23. The van der Waals surface area contributed by atoms with E-state index in [9.17, 15) is 9.59 Å². The summed E-state index contributed by atoms with van der Waals surface area (Å²) < 4.78 is 5.56. The molecule has 1 aromatic heterocycles. The Labute approximate surface area is 123 Å². The Morgan fingerprint density at radius 3 is 2.67 bits per heavy atom. The highest BCUT2D eigenvalue weighted by Gasteiger charge is 2.21. The fourth-order valence-electron chi connectivity index (χ4n) is 2.88. The molecule has 2 aromatic rings. The lowest BCUT2D eigenvalue weighted by atomic mass is 9.87. The van der Waals surface area contributed by atoms with Gasteiger partial charge in [0.05, 0.1) is 5.39 Å². The molecule has 110 valence electrons. The topological polar surface area (TPSA) is 59.3 Å². The summed E-state index contributed by atoms with van der Waals surface area (Å²) >= 11 is 0. The maximum atomic E-state index is 12.2. The summed E-state index contributed by atoms with van der Waals surface area (Å²) in [6, 6.07) is 8.44. The normalized spacial score (nSPS) is 22.1. The number of benzene rings is 1. The van der Waals surface area contributed by atoms with Crippen LogP contribution in [0.2, 0.25) is 0 Å². The molecule has 4 nitrogen and oxygen atoms in total. The minimum Gasteiger partial charge on any atom is -0.451 e. The molecule has 1 heterocycles. The lowest BCUT2D eigenvalue weighted by Gasteiger charge is -2.26. The van der Waals surface area contributed by atoms with Crippen molar-refractivity contribution in [3.05, 3.63) is 46.3 Å². The van der Waals surface area contributed by atoms with E-state index in [1.54, 1.807) is 24.3 Å². The summed E-state index contributed by atoms with van der Waals surface area (Å²) in [4.78, 5) is 24.2. The third-order valence-electron chi connectivity index (χ3n) is 4.21. The molecule has 1 amide bonds. The van der Waals surface area contributed by atoms with Gasteiger partial charge in [-0.3, -0.25) is 9.59 Å². The molecule has 1 N–H and O–H groups in total. The molecule has 1 fully saturated rings. The Hall–Kier alpha value is -2.10. The van der Waals surface area contributed by atoms with E-state index in [1.165, 1.54) is 6.07 Å². The minimum atomic E-state index is -0.294. The van der Waals surface area contributed by atoms with E-state index in [-0.39, 0.29) is 23.1 Å². The summed E-state index contributed by atoms with van der Waals surface area (Å²) in [6.07, 6.45) is 4.24. The van der Waals surface area contributed by atoms with E-state index >= 15 is 0 Å². The van der Waals surface area contributed by atoms with Crippen molar-refractivity contribution in [3.63, 3.8) is 0 Å². The van der Waals surface area contributed by atoms with Gasteiger partial charge in [0.25, 0.3) is 5.91 Å². The summed E-state index contributed by atoms with van der Waals surface area (Å²) in [5, 5.41) is 3.48. The van der Waals surface area contributed by atoms with E-state index in [0.717, 1.165) is 31.6 Å². The fourth-order valence-corrected chi connectivity index (χ4v) is 2.88. The van der Waals surface area contributed by atoms with Gasteiger partial charge in [0.15, 0.2) is 11.2 Å². The second-order valence-corrected chi connectivity index (χ2v) is 5.90. The van der Waals surface area contributed by atoms with E-state index in [0.29, 0.717) is 11.0 Å². The molecule has 21 heavy (non-hydrogen) atoms. The number of nitrogens with one attached hydrogen (secondary N) is 1. The summed E-state index contributed by atoms with van der Waals surface area (Å²) in [5.41, 5.74) is 0.270. The van der Waals surface area contributed by atoms with Crippen molar-refractivity contribution in [3.8, 4) is 0 Å². The molecule has 0 spiro atoms. The Morgan fingerprint density at radius 2 is 1.90 bits per heavy atom. The first-order valence-electron chi connectivity index (χ1n) is 7.47. The van der Waals surface area contributed by atoms with Crippen molar-refractivity contribution in [2.75, 3.05) is 0 Å². The van der Waals surface area contributed by atoms with Crippen molar-refractivity contribution in [1.29, 1.82) is 0 Å². The second-order valence-electron chi connectivity index (χ2n) is 5.90. The highest BCUT2D eigenvalue weighted by molar-refractivity contribution is 5.93. The van der Waals surface area contributed by atoms with Gasteiger partial charge in [-0.25, -0.2) is 0 Å². The number of para-hydroxylation sites is 1.